The van der Waals surface area contributed by atoms with Crippen molar-refractivity contribution in [1.29, 1.82) is 0 Å². The summed E-state index contributed by atoms with van der Waals surface area (Å²) in [6, 6.07) is 17.3. The molecule has 1 N–H and O–H groups in total. The Balaban J connectivity index is 1.72. The van der Waals surface area contributed by atoms with Crippen LogP contribution in [0, 0.1) is 0 Å². The van der Waals surface area contributed by atoms with Crippen LogP contribution < -0.4 is 5.32 Å². The van der Waals surface area contributed by atoms with Crippen LogP contribution in [0.5, 0.6) is 0 Å². The lowest BCUT2D eigenvalue weighted by Crippen LogP contribution is -2.45. The van der Waals surface area contributed by atoms with Gasteiger partial charge in [-0.05, 0) is 29.7 Å². The van der Waals surface area contributed by atoms with E-state index in [-0.39, 0.29) is 11.9 Å². The van der Waals surface area contributed by atoms with Crippen LogP contribution in [0.2, 0.25) is 0 Å². The van der Waals surface area contributed by atoms with Crippen LogP contribution in [0.3, 0.4) is 0 Å². The Bertz CT molecular complexity index is 807. The van der Waals surface area contributed by atoms with Gasteiger partial charge in [0.1, 0.15) is 6.04 Å². The van der Waals surface area contributed by atoms with E-state index in [0.717, 1.165) is 25.1 Å². The molecular weight excluding hydrogens is 352 g/mol. The number of rotatable bonds is 7. The number of hydrogen-bond donors (Lipinski definition) is 1. The lowest BCUT2D eigenvalue weighted by molar-refractivity contribution is -0.145. The van der Waals surface area contributed by atoms with Gasteiger partial charge in [0, 0.05) is 25.4 Å². The molecule has 2 unspecified atom stereocenters. The number of carbonyl (C=O) groups excluding carboxylic acids is 2. The van der Waals surface area contributed by atoms with Gasteiger partial charge in [-0.3, -0.25) is 9.69 Å². The summed E-state index contributed by atoms with van der Waals surface area (Å²) in [4.78, 5) is 27.4. The molecule has 1 aliphatic heterocycles. The van der Waals surface area contributed by atoms with Gasteiger partial charge in [0.15, 0.2) is 0 Å². The predicted octanol–water partition coefficient (Wildman–Crippen LogP) is 2.90. The fourth-order valence-electron chi connectivity index (χ4n) is 3.94. The van der Waals surface area contributed by atoms with E-state index in [4.69, 9.17) is 4.74 Å². The maximum Gasteiger partial charge on any atom is 0.328 e. The topological polar surface area (TPSA) is 58.6 Å². The Hall–Kier alpha value is -2.66. The number of amides is 1. The molecule has 0 aromatic heterocycles. The van der Waals surface area contributed by atoms with E-state index in [0.29, 0.717) is 12.8 Å². The number of ether oxygens (including phenoxy) is 1. The first kappa shape index (κ1) is 20.1. The number of esters is 1. The first-order chi connectivity index (χ1) is 13.6. The van der Waals surface area contributed by atoms with Crippen molar-refractivity contribution in [3.63, 3.8) is 0 Å². The van der Waals surface area contributed by atoms with Gasteiger partial charge in [0.25, 0.3) is 0 Å². The number of methoxy groups -OCH3 is 1. The smallest absolute Gasteiger partial charge is 0.328 e. The number of hydrogen-bond acceptors (Lipinski definition) is 4. The molecule has 2 atom stereocenters. The summed E-state index contributed by atoms with van der Waals surface area (Å²) in [6.45, 7) is 3.94. The Kier molecular flexibility index (Phi) is 6.82. The van der Waals surface area contributed by atoms with Gasteiger partial charge < -0.3 is 10.1 Å². The van der Waals surface area contributed by atoms with Crippen molar-refractivity contribution in [3.05, 3.63) is 71.3 Å². The fraction of sp³-hybridized carbons (Fsp3) is 0.391. The molecule has 0 aliphatic carbocycles. The Labute approximate surface area is 166 Å². The predicted molar refractivity (Wildman–Crippen MR) is 109 cm³/mol. The van der Waals surface area contributed by atoms with Crippen LogP contribution in [-0.4, -0.2) is 43.0 Å². The second-order valence-electron chi connectivity index (χ2n) is 7.13. The number of carbonyl (C=O) groups is 2. The van der Waals surface area contributed by atoms with Crippen molar-refractivity contribution in [2.24, 2.45) is 0 Å². The van der Waals surface area contributed by atoms with Crippen LogP contribution in [-0.2, 0) is 27.2 Å². The molecule has 0 saturated carbocycles. The van der Waals surface area contributed by atoms with Crippen molar-refractivity contribution in [2.45, 2.75) is 38.3 Å². The highest BCUT2D eigenvalue weighted by Gasteiger charge is 2.30. The third-order valence-electron chi connectivity index (χ3n) is 5.41. The first-order valence-corrected chi connectivity index (χ1v) is 9.85. The summed E-state index contributed by atoms with van der Waals surface area (Å²) in [7, 11) is 1.35. The van der Waals surface area contributed by atoms with Gasteiger partial charge >= 0.3 is 5.97 Å². The quantitative estimate of drug-likeness (QED) is 0.751. The summed E-state index contributed by atoms with van der Waals surface area (Å²) in [5, 5.41) is 2.90. The SMILES string of the molecule is CCN1CCc2ccccc2C1CC(=O)NC(Cc1ccccc1)C(=O)OC. The van der Waals surface area contributed by atoms with Gasteiger partial charge in [-0.25, -0.2) is 4.79 Å². The Morgan fingerprint density at radius 3 is 2.57 bits per heavy atom. The van der Waals surface area contributed by atoms with E-state index >= 15 is 0 Å². The summed E-state index contributed by atoms with van der Waals surface area (Å²) >= 11 is 0. The van der Waals surface area contributed by atoms with E-state index in [9.17, 15) is 9.59 Å². The first-order valence-electron chi connectivity index (χ1n) is 9.85. The van der Waals surface area contributed by atoms with Crippen molar-refractivity contribution in [2.75, 3.05) is 20.2 Å². The number of nitrogens with one attached hydrogen (secondary N) is 1. The summed E-state index contributed by atoms with van der Waals surface area (Å²) < 4.78 is 4.91. The minimum absolute atomic E-state index is 0.0324. The lowest BCUT2D eigenvalue weighted by atomic mass is 9.90. The normalized spacial score (nSPS) is 17.4. The highest BCUT2D eigenvalue weighted by atomic mass is 16.5. The highest BCUT2D eigenvalue weighted by Crippen LogP contribution is 2.31. The third kappa shape index (κ3) is 4.78. The van der Waals surface area contributed by atoms with Crippen molar-refractivity contribution >= 4 is 11.9 Å². The molecule has 2 aromatic rings. The zero-order chi connectivity index (χ0) is 19.9. The van der Waals surface area contributed by atoms with Gasteiger partial charge in [0.05, 0.1) is 7.11 Å². The third-order valence-corrected chi connectivity index (χ3v) is 5.41. The molecule has 2 aromatic carbocycles. The van der Waals surface area contributed by atoms with Gasteiger partial charge in [-0.2, -0.15) is 0 Å². The van der Waals surface area contributed by atoms with Crippen LogP contribution in [0.1, 0.15) is 36.1 Å². The monoisotopic (exact) mass is 380 g/mol. The minimum atomic E-state index is -0.686. The summed E-state index contributed by atoms with van der Waals surface area (Å²) in [6.07, 6.45) is 1.74. The molecule has 0 bridgehead atoms. The van der Waals surface area contributed by atoms with E-state index in [1.165, 1.54) is 18.2 Å². The maximum atomic E-state index is 12.9. The summed E-state index contributed by atoms with van der Waals surface area (Å²) in [5.41, 5.74) is 3.50. The number of benzene rings is 2. The molecule has 5 nitrogen and oxygen atoms in total. The molecule has 1 amide bonds. The van der Waals surface area contributed by atoms with Crippen LogP contribution >= 0.6 is 0 Å². The zero-order valence-electron chi connectivity index (χ0n) is 16.6. The molecule has 5 heteroatoms. The summed E-state index contributed by atoms with van der Waals surface area (Å²) in [5.74, 6) is -0.555. The number of nitrogens with zero attached hydrogens (tertiary/aromatic N) is 1. The van der Waals surface area contributed by atoms with Crippen LogP contribution in [0.4, 0.5) is 0 Å². The zero-order valence-corrected chi connectivity index (χ0v) is 16.6. The largest absolute Gasteiger partial charge is 0.467 e. The molecule has 0 saturated heterocycles. The average Bonchev–Trinajstić information content (AvgIpc) is 2.73. The van der Waals surface area contributed by atoms with Crippen molar-refractivity contribution < 1.29 is 14.3 Å². The van der Waals surface area contributed by atoms with Crippen LogP contribution in [0.25, 0.3) is 0 Å². The number of fused-ring (bicyclic) bond motifs is 1. The molecular formula is C23H28N2O3. The van der Waals surface area contributed by atoms with E-state index in [1.54, 1.807) is 0 Å². The van der Waals surface area contributed by atoms with Crippen molar-refractivity contribution in [1.82, 2.24) is 10.2 Å². The highest BCUT2D eigenvalue weighted by molar-refractivity contribution is 5.85. The lowest BCUT2D eigenvalue weighted by Gasteiger charge is -2.36. The molecule has 0 radical (unpaired) electrons. The van der Waals surface area contributed by atoms with Gasteiger partial charge in [-0.1, -0.05) is 61.5 Å². The van der Waals surface area contributed by atoms with Crippen LogP contribution in [0.15, 0.2) is 54.6 Å². The molecule has 3 rings (SSSR count). The van der Waals surface area contributed by atoms with E-state index < -0.39 is 12.0 Å². The van der Waals surface area contributed by atoms with Gasteiger partial charge in [-0.15, -0.1) is 0 Å². The second kappa shape index (κ2) is 9.51. The molecule has 1 heterocycles. The standard InChI is InChI=1S/C23H28N2O3/c1-3-25-14-13-18-11-7-8-12-19(18)21(25)16-22(26)24-20(23(27)28-2)15-17-9-5-4-6-10-17/h4-12,20-21H,3,13-16H2,1-2H3,(H,24,26). The molecule has 148 valence electrons. The molecule has 28 heavy (non-hydrogen) atoms. The second-order valence-corrected chi connectivity index (χ2v) is 7.13. The Morgan fingerprint density at radius 1 is 1.14 bits per heavy atom. The maximum absolute atomic E-state index is 12.9. The molecule has 1 aliphatic rings. The Morgan fingerprint density at radius 2 is 1.86 bits per heavy atom. The molecule has 0 spiro atoms. The molecule has 0 fully saturated rings. The van der Waals surface area contributed by atoms with E-state index in [1.807, 2.05) is 42.5 Å². The van der Waals surface area contributed by atoms with Gasteiger partial charge in [0.2, 0.25) is 5.91 Å². The van der Waals surface area contributed by atoms with Crippen molar-refractivity contribution in [3.8, 4) is 0 Å². The minimum Gasteiger partial charge on any atom is -0.467 e. The van der Waals surface area contributed by atoms with E-state index in [2.05, 4.69) is 29.3 Å². The number of likely N-dealkylation sites (N-methyl/N-ethyl adjacent to an activating group) is 1. The average molecular weight is 380 g/mol. The fourth-order valence-corrected chi connectivity index (χ4v) is 3.94.